The summed E-state index contributed by atoms with van der Waals surface area (Å²) in [7, 11) is 0. The average molecular weight is 216 g/mol. The molecule has 1 fully saturated rings. The highest BCUT2D eigenvalue weighted by Crippen LogP contribution is 2.27. The smallest absolute Gasteiger partial charge is 0.306 e. The predicted molar refractivity (Wildman–Crippen MR) is 45.9 cm³/mol. The quantitative estimate of drug-likeness (QED) is 0.714. The van der Waals surface area contributed by atoms with Crippen LogP contribution in [0.25, 0.3) is 0 Å². The number of hydrogen-bond acceptors (Lipinski definition) is 1. The number of rotatable bonds is 3. The largest absolute Gasteiger partial charge is 0.401 e. The molecule has 1 saturated carbocycles. The second kappa shape index (κ2) is 4.51. The molecule has 5 heteroatoms. The summed E-state index contributed by atoms with van der Waals surface area (Å²) >= 11 is 5.63. The lowest BCUT2D eigenvalue weighted by atomic mass is 10.1. The Hall–Kier alpha value is 0.0400. The summed E-state index contributed by atoms with van der Waals surface area (Å²) < 4.78 is 35.5. The van der Waals surface area contributed by atoms with Crippen LogP contribution in [0.4, 0.5) is 13.2 Å². The minimum atomic E-state index is -4.11. The van der Waals surface area contributed by atoms with Crippen molar-refractivity contribution in [2.75, 3.05) is 12.4 Å². The van der Waals surface area contributed by atoms with Crippen LogP contribution in [0.3, 0.4) is 0 Å². The first-order valence-corrected chi connectivity index (χ1v) is 4.92. The Balaban J connectivity index is 2.28. The summed E-state index contributed by atoms with van der Waals surface area (Å²) in [5.74, 6) is 0.666. The van der Waals surface area contributed by atoms with Gasteiger partial charge in [0.25, 0.3) is 0 Å². The minimum absolute atomic E-state index is 0.0425. The van der Waals surface area contributed by atoms with Crippen molar-refractivity contribution in [1.82, 2.24) is 5.32 Å². The Kier molecular flexibility index (Phi) is 3.86. The molecule has 0 amide bonds. The van der Waals surface area contributed by atoms with E-state index in [0.717, 1.165) is 19.3 Å². The minimum Gasteiger partial charge on any atom is -0.306 e. The second-order valence-corrected chi connectivity index (χ2v) is 3.76. The van der Waals surface area contributed by atoms with Gasteiger partial charge in [0.15, 0.2) is 0 Å². The van der Waals surface area contributed by atoms with Crippen LogP contribution in [0, 0.1) is 5.92 Å². The molecule has 0 bridgehead atoms. The van der Waals surface area contributed by atoms with Crippen molar-refractivity contribution in [2.45, 2.75) is 31.5 Å². The van der Waals surface area contributed by atoms with Crippen molar-refractivity contribution in [3.8, 4) is 0 Å². The third-order valence-electron chi connectivity index (χ3n) is 2.42. The first-order valence-electron chi connectivity index (χ1n) is 4.39. The first kappa shape index (κ1) is 11.1. The molecule has 1 aliphatic carbocycles. The summed E-state index contributed by atoms with van der Waals surface area (Å²) in [6.45, 7) is -0.898. The number of nitrogens with one attached hydrogen (secondary N) is 1. The van der Waals surface area contributed by atoms with E-state index in [1.165, 1.54) is 0 Å². The first-order chi connectivity index (χ1) is 6.03. The second-order valence-electron chi connectivity index (χ2n) is 3.45. The molecule has 1 N–H and O–H groups in total. The maximum absolute atomic E-state index is 11.8. The van der Waals surface area contributed by atoms with Crippen LogP contribution in [0.5, 0.6) is 0 Å². The topological polar surface area (TPSA) is 12.0 Å². The van der Waals surface area contributed by atoms with Crippen molar-refractivity contribution < 1.29 is 13.2 Å². The van der Waals surface area contributed by atoms with Gasteiger partial charge in [0.1, 0.15) is 0 Å². The molecule has 1 aliphatic rings. The molecule has 0 aromatic heterocycles. The van der Waals surface area contributed by atoms with Gasteiger partial charge in [0.05, 0.1) is 6.54 Å². The van der Waals surface area contributed by atoms with Crippen LogP contribution < -0.4 is 5.32 Å². The van der Waals surface area contributed by atoms with Crippen molar-refractivity contribution in [3.05, 3.63) is 0 Å². The summed E-state index contributed by atoms with van der Waals surface area (Å²) in [5, 5.41) is 2.51. The fourth-order valence-corrected chi connectivity index (χ4v) is 2.11. The molecule has 1 rings (SSSR count). The van der Waals surface area contributed by atoms with Crippen LogP contribution in [-0.4, -0.2) is 24.6 Å². The normalized spacial score (nSPS) is 29.5. The fourth-order valence-electron chi connectivity index (χ4n) is 1.74. The average Bonchev–Trinajstić information content (AvgIpc) is 2.46. The Morgan fingerprint density at radius 3 is 2.54 bits per heavy atom. The van der Waals surface area contributed by atoms with Gasteiger partial charge in [0, 0.05) is 11.9 Å². The van der Waals surface area contributed by atoms with Gasteiger partial charge in [-0.05, 0) is 18.8 Å². The molecule has 0 saturated heterocycles. The molecule has 0 heterocycles. The van der Waals surface area contributed by atoms with E-state index < -0.39 is 12.7 Å². The maximum atomic E-state index is 11.8. The molecule has 0 radical (unpaired) electrons. The zero-order valence-corrected chi connectivity index (χ0v) is 7.96. The van der Waals surface area contributed by atoms with Crippen LogP contribution in [0.2, 0.25) is 0 Å². The molecule has 0 aliphatic heterocycles. The molecule has 0 aromatic rings. The monoisotopic (exact) mass is 215 g/mol. The van der Waals surface area contributed by atoms with E-state index in [-0.39, 0.29) is 12.0 Å². The van der Waals surface area contributed by atoms with E-state index in [0.29, 0.717) is 5.88 Å². The summed E-state index contributed by atoms with van der Waals surface area (Å²) in [6.07, 6.45) is -1.38. The third-order valence-corrected chi connectivity index (χ3v) is 2.82. The highest BCUT2D eigenvalue weighted by Gasteiger charge is 2.32. The summed E-state index contributed by atoms with van der Waals surface area (Å²) in [4.78, 5) is 0. The fraction of sp³-hybridized carbons (Fsp3) is 1.00. The lowest BCUT2D eigenvalue weighted by Gasteiger charge is -2.19. The van der Waals surface area contributed by atoms with E-state index >= 15 is 0 Å². The SMILES string of the molecule is FC(F)(F)CNC1CCCC1CCl. The van der Waals surface area contributed by atoms with Crippen molar-refractivity contribution in [2.24, 2.45) is 5.92 Å². The van der Waals surface area contributed by atoms with E-state index in [9.17, 15) is 13.2 Å². The van der Waals surface area contributed by atoms with Gasteiger partial charge in [-0.3, -0.25) is 0 Å². The summed E-state index contributed by atoms with van der Waals surface area (Å²) in [5.41, 5.74) is 0. The molecule has 2 atom stereocenters. The van der Waals surface area contributed by atoms with Gasteiger partial charge in [-0.1, -0.05) is 6.42 Å². The van der Waals surface area contributed by atoms with Gasteiger partial charge in [0.2, 0.25) is 0 Å². The van der Waals surface area contributed by atoms with Gasteiger partial charge >= 0.3 is 6.18 Å². The lowest BCUT2D eigenvalue weighted by Crippen LogP contribution is -2.39. The lowest BCUT2D eigenvalue weighted by molar-refractivity contribution is -0.126. The zero-order chi connectivity index (χ0) is 9.90. The predicted octanol–water partition coefficient (Wildman–Crippen LogP) is 2.55. The highest BCUT2D eigenvalue weighted by atomic mass is 35.5. The van der Waals surface area contributed by atoms with Crippen LogP contribution in [0.15, 0.2) is 0 Å². The zero-order valence-electron chi connectivity index (χ0n) is 7.20. The Morgan fingerprint density at radius 1 is 1.31 bits per heavy atom. The van der Waals surface area contributed by atoms with Gasteiger partial charge in [-0.25, -0.2) is 0 Å². The van der Waals surface area contributed by atoms with E-state index in [1.807, 2.05) is 0 Å². The standard InChI is InChI=1S/C8H13ClF3N/c9-4-6-2-1-3-7(6)13-5-8(10,11)12/h6-7,13H,1-5H2. The van der Waals surface area contributed by atoms with Crippen LogP contribution >= 0.6 is 11.6 Å². The van der Waals surface area contributed by atoms with E-state index in [4.69, 9.17) is 11.6 Å². The molecule has 1 nitrogen and oxygen atoms in total. The molecular formula is C8H13ClF3N. The molecular weight excluding hydrogens is 203 g/mol. The number of hydrogen-bond donors (Lipinski definition) is 1. The molecule has 0 spiro atoms. The van der Waals surface area contributed by atoms with Crippen LogP contribution in [0.1, 0.15) is 19.3 Å². The van der Waals surface area contributed by atoms with Gasteiger partial charge < -0.3 is 5.32 Å². The summed E-state index contributed by atoms with van der Waals surface area (Å²) in [6, 6.07) is -0.0425. The maximum Gasteiger partial charge on any atom is 0.401 e. The van der Waals surface area contributed by atoms with Crippen molar-refractivity contribution >= 4 is 11.6 Å². The number of halogens is 4. The van der Waals surface area contributed by atoms with Crippen LogP contribution in [-0.2, 0) is 0 Å². The highest BCUT2D eigenvalue weighted by molar-refractivity contribution is 6.18. The molecule has 0 aromatic carbocycles. The van der Waals surface area contributed by atoms with Crippen molar-refractivity contribution in [1.29, 1.82) is 0 Å². The Morgan fingerprint density at radius 2 is 2.00 bits per heavy atom. The third kappa shape index (κ3) is 3.73. The number of alkyl halides is 4. The molecule has 2 unspecified atom stereocenters. The van der Waals surface area contributed by atoms with E-state index in [2.05, 4.69) is 5.32 Å². The van der Waals surface area contributed by atoms with Gasteiger partial charge in [-0.2, -0.15) is 13.2 Å². The molecule has 13 heavy (non-hydrogen) atoms. The molecule has 78 valence electrons. The van der Waals surface area contributed by atoms with Gasteiger partial charge in [-0.15, -0.1) is 11.6 Å². The van der Waals surface area contributed by atoms with Crippen molar-refractivity contribution in [3.63, 3.8) is 0 Å². The Labute approximate surface area is 80.6 Å². The Bertz CT molecular complexity index is 160. The van der Waals surface area contributed by atoms with E-state index in [1.54, 1.807) is 0 Å².